The molecule has 1 heterocycles. The van der Waals surface area contributed by atoms with Gasteiger partial charge in [0.05, 0.1) is 10.6 Å². The van der Waals surface area contributed by atoms with Gasteiger partial charge in [0, 0.05) is 12.2 Å². The van der Waals surface area contributed by atoms with E-state index in [2.05, 4.69) is 10.6 Å². The highest BCUT2D eigenvalue weighted by molar-refractivity contribution is 7.91. The summed E-state index contributed by atoms with van der Waals surface area (Å²) in [5.74, 6) is 0.918. The Labute approximate surface area is 115 Å². The molecule has 0 bridgehead atoms. The zero-order valence-electron chi connectivity index (χ0n) is 11.4. The normalized spacial score (nSPS) is 19.5. The highest BCUT2D eigenvalue weighted by atomic mass is 32.2. The highest BCUT2D eigenvalue weighted by Crippen LogP contribution is 2.16. The van der Waals surface area contributed by atoms with Gasteiger partial charge < -0.3 is 10.6 Å². The zero-order chi connectivity index (χ0) is 13.7. The second-order valence-electron chi connectivity index (χ2n) is 5.00. The van der Waals surface area contributed by atoms with Gasteiger partial charge in [0.2, 0.25) is 0 Å². The van der Waals surface area contributed by atoms with Crippen molar-refractivity contribution in [1.29, 1.82) is 0 Å². The topological polar surface area (TPSA) is 58.2 Å². The Morgan fingerprint density at radius 2 is 2.05 bits per heavy atom. The number of hydrogen-bond donors (Lipinski definition) is 2. The molecule has 2 N–H and O–H groups in total. The van der Waals surface area contributed by atoms with Crippen LogP contribution in [0, 0.1) is 5.92 Å². The average Bonchev–Trinajstić information content (AvgIpc) is 2.92. The molecule has 5 heteroatoms. The molecule has 0 amide bonds. The van der Waals surface area contributed by atoms with E-state index in [-0.39, 0.29) is 5.75 Å². The predicted octanol–water partition coefficient (Wildman–Crippen LogP) is 1.89. The first kappa shape index (κ1) is 14.3. The number of sulfone groups is 1. The van der Waals surface area contributed by atoms with Gasteiger partial charge in [0.25, 0.3) is 0 Å². The maximum absolute atomic E-state index is 11.7. The Morgan fingerprint density at radius 3 is 2.63 bits per heavy atom. The SMILES string of the molecule is CCS(=O)(=O)c1ccc(NCCC2CCNC2)cc1. The summed E-state index contributed by atoms with van der Waals surface area (Å²) < 4.78 is 23.3. The van der Waals surface area contributed by atoms with Gasteiger partial charge in [-0.05, 0) is 56.1 Å². The van der Waals surface area contributed by atoms with Crippen LogP contribution in [0.1, 0.15) is 19.8 Å². The van der Waals surface area contributed by atoms with Crippen molar-refractivity contribution in [2.24, 2.45) is 5.92 Å². The van der Waals surface area contributed by atoms with Crippen molar-refractivity contribution in [2.75, 3.05) is 30.7 Å². The molecule has 1 unspecified atom stereocenters. The summed E-state index contributed by atoms with van der Waals surface area (Å²) in [6.45, 7) is 4.85. The van der Waals surface area contributed by atoms with Crippen LogP contribution in [0.5, 0.6) is 0 Å². The van der Waals surface area contributed by atoms with Gasteiger partial charge in [-0.15, -0.1) is 0 Å². The first-order valence-electron chi connectivity index (χ1n) is 6.89. The summed E-state index contributed by atoms with van der Waals surface area (Å²) in [6, 6.07) is 7.04. The van der Waals surface area contributed by atoms with E-state index in [4.69, 9.17) is 0 Å². The van der Waals surface area contributed by atoms with E-state index < -0.39 is 9.84 Å². The van der Waals surface area contributed by atoms with Crippen LogP contribution in [0.4, 0.5) is 5.69 Å². The summed E-state index contributed by atoms with van der Waals surface area (Å²) in [7, 11) is -3.08. The molecule has 1 atom stereocenters. The van der Waals surface area contributed by atoms with Gasteiger partial charge >= 0.3 is 0 Å². The first-order chi connectivity index (χ1) is 9.12. The Hall–Kier alpha value is -1.07. The van der Waals surface area contributed by atoms with Crippen LogP contribution in [0.25, 0.3) is 0 Å². The van der Waals surface area contributed by atoms with Crippen molar-refractivity contribution in [1.82, 2.24) is 5.32 Å². The number of benzene rings is 1. The number of anilines is 1. The van der Waals surface area contributed by atoms with Crippen LogP contribution in [-0.2, 0) is 9.84 Å². The minimum absolute atomic E-state index is 0.147. The van der Waals surface area contributed by atoms with Gasteiger partial charge in [0.15, 0.2) is 9.84 Å². The molecule has 1 aromatic carbocycles. The monoisotopic (exact) mass is 282 g/mol. The molecule has 1 aliphatic heterocycles. The molecule has 1 saturated heterocycles. The minimum atomic E-state index is -3.08. The van der Waals surface area contributed by atoms with Gasteiger partial charge in [-0.25, -0.2) is 8.42 Å². The molecule has 0 spiro atoms. The van der Waals surface area contributed by atoms with E-state index >= 15 is 0 Å². The van der Waals surface area contributed by atoms with E-state index in [1.165, 1.54) is 6.42 Å². The molecule has 0 aromatic heterocycles. The predicted molar refractivity (Wildman–Crippen MR) is 78.3 cm³/mol. The molecule has 0 radical (unpaired) electrons. The second kappa shape index (κ2) is 6.39. The lowest BCUT2D eigenvalue weighted by Crippen LogP contribution is -2.12. The smallest absolute Gasteiger partial charge is 0.178 e. The highest BCUT2D eigenvalue weighted by Gasteiger charge is 2.13. The van der Waals surface area contributed by atoms with Crippen molar-refractivity contribution < 1.29 is 8.42 Å². The molecule has 1 aliphatic rings. The number of hydrogen-bond acceptors (Lipinski definition) is 4. The summed E-state index contributed by atoms with van der Waals surface area (Å²) in [5.41, 5.74) is 0.987. The summed E-state index contributed by atoms with van der Waals surface area (Å²) in [6.07, 6.45) is 2.41. The van der Waals surface area contributed by atoms with Crippen molar-refractivity contribution in [3.05, 3.63) is 24.3 Å². The third kappa shape index (κ3) is 3.94. The largest absolute Gasteiger partial charge is 0.385 e. The maximum atomic E-state index is 11.7. The molecule has 2 rings (SSSR count). The fourth-order valence-corrected chi connectivity index (χ4v) is 3.21. The molecule has 0 saturated carbocycles. The molecule has 1 fully saturated rings. The molecule has 1 aromatic rings. The van der Waals surface area contributed by atoms with E-state index in [9.17, 15) is 8.42 Å². The lowest BCUT2D eigenvalue weighted by atomic mass is 10.1. The molecular formula is C14H22N2O2S. The zero-order valence-corrected chi connectivity index (χ0v) is 12.2. The third-order valence-corrected chi connectivity index (χ3v) is 5.39. The van der Waals surface area contributed by atoms with Crippen LogP contribution in [0.15, 0.2) is 29.2 Å². The Bertz CT molecular complexity index is 491. The molecule has 0 aliphatic carbocycles. The lowest BCUT2D eigenvalue weighted by Gasteiger charge is -2.10. The average molecular weight is 282 g/mol. The second-order valence-corrected chi connectivity index (χ2v) is 7.28. The fraction of sp³-hybridized carbons (Fsp3) is 0.571. The van der Waals surface area contributed by atoms with Gasteiger partial charge in [-0.1, -0.05) is 6.92 Å². The van der Waals surface area contributed by atoms with E-state index in [1.54, 1.807) is 19.1 Å². The third-order valence-electron chi connectivity index (χ3n) is 3.64. The number of nitrogens with one attached hydrogen (secondary N) is 2. The Kier molecular flexibility index (Phi) is 4.82. The van der Waals surface area contributed by atoms with E-state index in [0.29, 0.717) is 4.90 Å². The first-order valence-corrected chi connectivity index (χ1v) is 8.54. The summed E-state index contributed by atoms with van der Waals surface area (Å²) in [4.78, 5) is 0.403. The van der Waals surface area contributed by atoms with Crippen molar-refractivity contribution in [3.63, 3.8) is 0 Å². The van der Waals surface area contributed by atoms with Gasteiger partial charge in [0.1, 0.15) is 0 Å². The minimum Gasteiger partial charge on any atom is -0.385 e. The standard InChI is InChI=1S/C14H22N2O2S/c1-2-19(17,18)14-5-3-13(4-6-14)16-10-8-12-7-9-15-11-12/h3-6,12,15-16H,2,7-11H2,1H3. The quantitative estimate of drug-likeness (QED) is 0.836. The van der Waals surface area contributed by atoms with Gasteiger partial charge in [-0.2, -0.15) is 0 Å². The molecule has 19 heavy (non-hydrogen) atoms. The van der Waals surface area contributed by atoms with E-state index in [1.807, 2.05) is 12.1 Å². The number of rotatable bonds is 6. The van der Waals surface area contributed by atoms with Crippen molar-refractivity contribution in [3.8, 4) is 0 Å². The summed E-state index contributed by atoms with van der Waals surface area (Å²) >= 11 is 0. The van der Waals surface area contributed by atoms with Crippen LogP contribution in [0.2, 0.25) is 0 Å². The maximum Gasteiger partial charge on any atom is 0.178 e. The van der Waals surface area contributed by atoms with Crippen LogP contribution < -0.4 is 10.6 Å². The Balaban J connectivity index is 1.85. The molecule has 106 valence electrons. The molecular weight excluding hydrogens is 260 g/mol. The van der Waals surface area contributed by atoms with Gasteiger partial charge in [-0.3, -0.25) is 0 Å². The Morgan fingerprint density at radius 1 is 1.32 bits per heavy atom. The van der Waals surface area contributed by atoms with Crippen LogP contribution >= 0.6 is 0 Å². The molecule has 4 nitrogen and oxygen atoms in total. The van der Waals surface area contributed by atoms with Crippen LogP contribution in [-0.4, -0.2) is 33.8 Å². The fourth-order valence-electron chi connectivity index (χ4n) is 2.33. The lowest BCUT2D eigenvalue weighted by molar-refractivity contribution is 0.549. The van der Waals surface area contributed by atoms with Crippen LogP contribution in [0.3, 0.4) is 0 Å². The van der Waals surface area contributed by atoms with Crippen molar-refractivity contribution in [2.45, 2.75) is 24.7 Å². The summed E-state index contributed by atoms with van der Waals surface area (Å²) in [5, 5.41) is 6.70. The van der Waals surface area contributed by atoms with E-state index in [0.717, 1.165) is 37.7 Å². The van der Waals surface area contributed by atoms with Crippen molar-refractivity contribution >= 4 is 15.5 Å².